The van der Waals surface area contributed by atoms with Gasteiger partial charge in [0.05, 0.1) is 13.2 Å². The van der Waals surface area contributed by atoms with E-state index in [0.29, 0.717) is 0 Å². The van der Waals surface area contributed by atoms with Gasteiger partial charge < -0.3 is 9.64 Å². The SMILES string of the molecule is C/C=C(\c1ccc(Cl)cc1)N1CCOCC1. The Morgan fingerprint density at radius 1 is 1.25 bits per heavy atom. The number of benzene rings is 1. The zero-order valence-electron chi connectivity index (χ0n) is 9.45. The van der Waals surface area contributed by atoms with E-state index in [1.165, 1.54) is 11.3 Å². The fourth-order valence-electron chi connectivity index (χ4n) is 1.96. The molecule has 1 fully saturated rings. The lowest BCUT2D eigenvalue weighted by molar-refractivity contribution is 0.0639. The quantitative estimate of drug-likeness (QED) is 0.784. The molecule has 1 heterocycles. The lowest BCUT2D eigenvalue weighted by Gasteiger charge is -2.31. The van der Waals surface area contributed by atoms with Crippen LogP contribution in [0.15, 0.2) is 30.3 Å². The highest BCUT2D eigenvalue weighted by atomic mass is 35.5. The maximum atomic E-state index is 5.89. The molecule has 16 heavy (non-hydrogen) atoms. The van der Waals surface area contributed by atoms with Crippen LogP contribution >= 0.6 is 11.6 Å². The third kappa shape index (κ3) is 2.57. The van der Waals surface area contributed by atoms with Gasteiger partial charge in [0, 0.05) is 23.8 Å². The Kier molecular flexibility index (Phi) is 3.86. The maximum Gasteiger partial charge on any atom is 0.0642 e. The second-order valence-corrected chi connectivity index (χ2v) is 4.22. The number of nitrogens with zero attached hydrogens (tertiary/aromatic N) is 1. The summed E-state index contributed by atoms with van der Waals surface area (Å²) in [6, 6.07) is 7.99. The summed E-state index contributed by atoms with van der Waals surface area (Å²) in [6.45, 7) is 5.61. The van der Waals surface area contributed by atoms with Crippen molar-refractivity contribution < 1.29 is 4.74 Å². The number of hydrogen-bond acceptors (Lipinski definition) is 2. The average molecular weight is 238 g/mol. The van der Waals surface area contributed by atoms with Crippen LogP contribution in [-0.4, -0.2) is 31.2 Å². The van der Waals surface area contributed by atoms with Gasteiger partial charge >= 0.3 is 0 Å². The summed E-state index contributed by atoms with van der Waals surface area (Å²) in [7, 11) is 0. The molecule has 2 nitrogen and oxygen atoms in total. The van der Waals surface area contributed by atoms with Crippen molar-refractivity contribution in [1.82, 2.24) is 4.90 Å². The molecule has 0 N–H and O–H groups in total. The van der Waals surface area contributed by atoms with Crippen LogP contribution in [-0.2, 0) is 4.74 Å². The van der Waals surface area contributed by atoms with E-state index in [1.807, 2.05) is 12.1 Å². The molecule has 0 radical (unpaired) electrons. The molecule has 0 atom stereocenters. The molecular formula is C13H16ClNO. The van der Waals surface area contributed by atoms with Crippen molar-refractivity contribution in [2.75, 3.05) is 26.3 Å². The molecular weight excluding hydrogens is 222 g/mol. The minimum atomic E-state index is 0.779. The van der Waals surface area contributed by atoms with Crippen LogP contribution in [0.4, 0.5) is 0 Å². The third-order valence-corrected chi connectivity index (χ3v) is 3.02. The molecule has 1 aromatic rings. The van der Waals surface area contributed by atoms with Crippen LogP contribution in [0.5, 0.6) is 0 Å². The van der Waals surface area contributed by atoms with Crippen molar-refractivity contribution in [3.63, 3.8) is 0 Å². The van der Waals surface area contributed by atoms with Crippen molar-refractivity contribution in [2.24, 2.45) is 0 Å². The largest absolute Gasteiger partial charge is 0.378 e. The molecule has 1 aliphatic rings. The predicted octanol–water partition coefficient (Wildman–Crippen LogP) is 3.03. The zero-order chi connectivity index (χ0) is 11.4. The first-order chi connectivity index (χ1) is 7.81. The van der Waals surface area contributed by atoms with Gasteiger partial charge in [-0.3, -0.25) is 0 Å². The molecule has 0 amide bonds. The molecule has 0 unspecified atom stereocenters. The molecule has 3 heteroatoms. The van der Waals surface area contributed by atoms with Crippen LogP contribution in [0.1, 0.15) is 12.5 Å². The number of morpholine rings is 1. The summed E-state index contributed by atoms with van der Waals surface area (Å²) in [4.78, 5) is 2.35. The van der Waals surface area contributed by atoms with Crippen LogP contribution in [0.25, 0.3) is 5.70 Å². The summed E-state index contributed by atoms with van der Waals surface area (Å²) in [5.74, 6) is 0. The van der Waals surface area contributed by atoms with E-state index in [9.17, 15) is 0 Å². The van der Waals surface area contributed by atoms with Crippen LogP contribution in [0, 0.1) is 0 Å². The monoisotopic (exact) mass is 237 g/mol. The number of ether oxygens (including phenoxy) is 1. The normalized spacial score (nSPS) is 17.6. The minimum Gasteiger partial charge on any atom is -0.378 e. The fourth-order valence-corrected chi connectivity index (χ4v) is 2.08. The zero-order valence-corrected chi connectivity index (χ0v) is 10.2. The first-order valence-electron chi connectivity index (χ1n) is 5.56. The van der Waals surface area contributed by atoms with E-state index in [1.54, 1.807) is 0 Å². The van der Waals surface area contributed by atoms with Crippen molar-refractivity contribution in [3.8, 4) is 0 Å². The lowest BCUT2D eigenvalue weighted by atomic mass is 10.1. The Bertz CT molecular complexity index is 366. The summed E-state index contributed by atoms with van der Waals surface area (Å²) in [6.07, 6.45) is 2.15. The van der Waals surface area contributed by atoms with Gasteiger partial charge in [-0.1, -0.05) is 29.8 Å². The van der Waals surface area contributed by atoms with Crippen molar-refractivity contribution in [3.05, 3.63) is 40.9 Å². The fraction of sp³-hybridized carbons (Fsp3) is 0.385. The van der Waals surface area contributed by atoms with Gasteiger partial charge in [0.15, 0.2) is 0 Å². The van der Waals surface area contributed by atoms with Gasteiger partial charge in [0.25, 0.3) is 0 Å². The minimum absolute atomic E-state index is 0.779. The molecule has 1 aromatic carbocycles. The molecule has 0 saturated carbocycles. The highest BCUT2D eigenvalue weighted by Gasteiger charge is 2.14. The number of allylic oxidation sites excluding steroid dienone is 1. The van der Waals surface area contributed by atoms with Gasteiger partial charge in [0.2, 0.25) is 0 Å². The van der Waals surface area contributed by atoms with Crippen LogP contribution < -0.4 is 0 Å². The number of hydrogen-bond donors (Lipinski definition) is 0. The topological polar surface area (TPSA) is 12.5 Å². The Morgan fingerprint density at radius 3 is 2.44 bits per heavy atom. The van der Waals surface area contributed by atoms with Crippen molar-refractivity contribution in [2.45, 2.75) is 6.92 Å². The third-order valence-electron chi connectivity index (χ3n) is 2.77. The second-order valence-electron chi connectivity index (χ2n) is 3.78. The van der Waals surface area contributed by atoms with Crippen molar-refractivity contribution >= 4 is 17.3 Å². The van der Waals surface area contributed by atoms with Crippen LogP contribution in [0.3, 0.4) is 0 Å². The molecule has 1 aliphatic heterocycles. The standard InChI is InChI=1S/C13H16ClNO/c1-2-13(15-7-9-16-10-8-15)11-3-5-12(14)6-4-11/h2-6H,7-10H2,1H3/b13-2+. The molecule has 2 rings (SSSR count). The van der Waals surface area contributed by atoms with Crippen molar-refractivity contribution in [1.29, 1.82) is 0 Å². The Balaban J connectivity index is 2.18. The smallest absolute Gasteiger partial charge is 0.0642 e. The van der Waals surface area contributed by atoms with Crippen LogP contribution in [0.2, 0.25) is 5.02 Å². The Morgan fingerprint density at radius 2 is 1.88 bits per heavy atom. The lowest BCUT2D eigenvalue weighted by Crippen LogP contribution is -2.34. The number of halogens is 1. The first kappa shape index (κ1) is 11.5. The molecule has 0 aliphatic carbocycles. The average Bonchev–Trinajstić information content (AvgIpc) is 2.34. The molecule has 0 aromatic heterocycles. The van der Waals surface area contributed by atoms with E-state index in [2.05, 4.69) is 30.0 Å². The van der Waals surface area contributed by atoms with E-state index in [-0.39, 0.29) is 0 Å². The highest BCUT2D eigenvalue weighted by Crippen LogP contribution is 2.21. The summed E-state index contributed by atoms with van der Waals surface area (Å²) < 4.78 is 5.36. The van der Waals surface area contributed by atoms with E-state index < -0.39 is 0 Å². The Hall–Kier alpha value is -0.990. The first-order valence-corrected chi connectivity index (χ1v) is 5.94. The van der Waals surface area contributed by atoms with Gasteiger partial charge in [-0.25, -0.2) is 0 Å². The molecule has 86 valence electrons. The highest BCUT2D eigenvalue weighted by molar-refractivity contribution is 6.30. The maximum absolute atomic E-state index is 5.89. The molecule has 1 saturated heterocycles. The van der Waals surface area contributed by atoms with Gasteiger partial charge in [-0.15, -0.1) is 0 Å². The van der Waals surface area contributed by atoms with Gasteiger partial charge in [-0.05, 0) is 24.6 Å². The predicted molar refractivity (Wildman–Crippen MR) is 67.5 cm³/mol. The summed E-state index contributed by atoms with van der Waals surface area (Å²) >= 11 is 5.89. The number of rotatable bonds is 2. The molecule has 0 bridgehead atoms. The second kappa shape index (κ2) is 5.37. The van der Waals surface area contributed by atoms with E-state index in [0.717, 1.165) is 31.3 Å². The van der Waals surface area contributed by atoms with Gasteiger partial charge in [0.1, 0.15) is 0 Å². The summed E-state index contributed by atoms with van der Waals surface area (Å²) in [5.41, 5.74) is 2.48. The molecule has 0 spiro atoms. The van der Waals surface area contributed by atoms with E-state index in [4.69, 9.17) is 16.3 Å². The summed E-state index contributed by atoms with van der Waals surface area (Å²) in [5, 5.41) is 0.779. The Labute approximate surface area is 101 Å². The van der Waals surface area contributed by atoms with E-state index >= 15 is 0 Å². The van der Waals surface area contributed by atoms with Gasteiger partial charge in [-0.2, -0.15) is 0 Å².